The van der Waals surface area contributed by atoms with E-state index < -0.39 is 0 Å². The lowest BCUT2D eigenvalue weighted by atomic mass is 9.92. The van der Waals surface area contributed by atoms with Crippen molar-refractivity contribution in [1.29, 1.82) is 0 Å². The van der Waals surface area contributed by atoms with Gasteiger partial charge in [-0.15, -0.1) is 12.6 Å². The third kappa shape index (κ3) is 2.37. The molecular formula is C15H17NO3S. The Bertz CT molecular complexity index is 633. The Labute approximate surface area is 123 Å². The molecule has 1 aliphatic carbocycles. The molecule has 0 spiro atoms. The van der Waals surface area contributed by atoms with Gasteiger partial charge in [-0.25, -0.2) is 0 Å². The number of pyridine rings is 1. The minimum absolute atomic E-state index is 0.0177. The maximum absolute atomic E-state index is 11.8. The number of aryl methyl sites for hydroxylation is 2. The quantitative estimate of drug-likeness (QED) is 0.801. The number of allylic oxidation sites excluding steroid dienone is 1. The molecular weight excluding hydrogens is 274 g/mol. The number of ether oxygens (including phenoxy) is 2. The first-order valence-corrected chi connectivity index (χ1v) is 7.04. The summed E-state index contributed by atoms with van der Waals surface area (Å²) >= 11 is 4.44. The van der Waals surface area contributed by atoms with Crippen LogP contribution in [0.5, 0.6) is 0 Å². The van der Waals surface area contributed by atoms with Gasteiger partial charge in [-0.1, -0.05) is 0 Å². The van der Waals surface area contributed by atoms with Gasteiger partial charge >= 0.3 is 0 Å². The lowest BCUT2D eigenvalue weighted by Gasteiger charge is -2.34. The molecule has 1 aromatic rings. The van der Waals surface area contributed by atoms with E-state index in [1.165, 1.54) is 0 Å². The lowest BCUT2D eigenvalue weighted by Crippen LogP contribution is -2.39. The van der Waals surface area contributed by atoms with E-state index in [-0.39, 0.29) is 17.8 Å². The van der Waals surface area contributed by atoms with Crippen LogP contribution in [-0.2, 0) is 16.5 Å². The molecule has 0 saturated carbocycles. The summed E-state index contributed by atoms with van der Waals surface area (Å²) in [6.45, 7) is 3.00. The van der Waals surface area contributed by atoms with Crippen LogP contribution in [-0.4, -0.2) is 30.0 Å². The Morgan fingerprint density at radius 3 is 2.85 bits per heavy atom. The van der Waals surface area contributed by atoms with E-state index in [1.54, 1.807) is 11.6 Å². The number of aromatic nitrogens is 1. The molecule has 5 heteroatoms. The zero-order valence-electron chi connectivity index (χ0n) is 11.5. The van der Waals surface area contributed by atoms with Gasteiger partial charge in [0.2, 0.25) is 0 Å². The first-order valence-electron chi connectivity index (χ1n) is 6.59. The van der Waals surface area contributed by atoms with Gasteiger partial charge in [-0.2, -0.15) is 0 Å². The number of hydrogen-bond acceptors (Lipinski definition) is 4. The molecule has 0 radical (unpaired) electrons. The van der Waals surface area contributed by atoms with Crippen molar-refractivity contribution in [3.05, 3.63) is 50.8 Å². The molecule has 0 N–H and O–H groups in total. The number of rotatable bonds is 1. The van der Waals surface area contributed by atoms with E-state index >= 15 is 0 Å². The summed E-state index contributed by atoms with van der Waals surface area (Å²) in [7, 11) is 1.76. The first kappa shape index (κ1) is 13.7. The second kappa shape index (κ2) is 5.24. The van der Waals surface area contributed by atoms with Crippen molar-refractivity contribution in [2.24, 2.45) is 7.05 Å². The molecule has 0 aromatic carbocycles. The van der Waals surface area contributed by atoms with Crippen LogP contribution in [0.1, 0.15) is 11.1 Å². The van der Waals surface area contributed by atoms with Crippen LogP contribution in [0.3, 0.4) is 0 Å². The van der Waals surface area contributed by atoms with E-state index in [9.17, 15) is 4.79 Å². The summed E-state index contributed by atoms with van der Waals surface area (Å²) in [5.74, 6) is 0. The minimum atomic E-state index is -0.128. The van der Waals surface area contributed by atoms with E-state index in [2.05, 4.69) is 12.6 Å². The summed E-state index contributed by atoms with van der Waals surface area (Å²) in [6.07, 6.45) is 5.55. The molecule has 4 nitrogen and oxygen atoms in total. The average molecular weight is 291 g/mol. The lowest BCUT2D eigenvalue weighted by molar-refractivity contribution is -0.0975. The van der Waals surface area contributed by atoms with Crippen LogP contribution in [0.15, 0.2) is 34.1 Å². The highest BCUT2D eigenvalue weighted by Gasteiger charge is 2.32. The van der Waals surface area contributed by atoms with Crippen LogP contribution in [0.4, 0.5) is 0 Å². The standard InChI is InChI=1S/C15H17NO3S/c1-9-5-10(8-16(2)15(9)17)12-6-11(20)7-13-14(12)19-4-3-18-13/h5-8,13-14,20H,3-4H2,1-2H3. The van der Waals surface area contributed by atoms with Crippen molar-refractivity contribution in [2.45, 2.75) is 19.1 Å². The highest BCUT2D eigenvalue weighted by Crippen LogP contribution is 2.33. The summed E-state index contributed by atoms with van der Waals surface area (Å²) in [4.78, 5) is 12.7. The maximum atomic E-state index is 11.8. The molecule has 3 rings (SSSR count). The molecule has 0 bridgehead atoms. The molecule has 0 amide bonds. The number of fused-ring (bicyclic) bond motifs is 1. The molecule has 2 aliphatic rings. The van der Waals surface area contributed by atoms with Crippen molar-refractivity contribution >= 4 is 18.2 Å². The van der Waals surface area contributed by atoms with Crippen molar-refractivity contribution in [1.82, 2.24) is 4.57 Å². The predicted molar refractivity (Wildman–Crippen MR) is 80.9 cm³/mol. The fraction of sp³-hybridized carbons (Fsp3) is 0.400. The van der Waals surface area contributed by atoms with E-state index in [0.29, 0.717) is 13.2 Å². The fourth-order valence-electron chi connectivity index (χ4n) is 2.68. The van der Waals surface area contributed by atoms with E-state index in [0.717, 1.165) is 21.6 Å². The molecule has 2 heterocycles. The molecule has 2 atom stereocenters. The molecule has 106 valence electrons. The Morgan fingerprint density at radius 1 is 1.35 bits per heavy atom. The highest BCUT2D eigenvalue weighted by molar-refractivity contribution is 7.84. The van der Waals surface area contributed by atoms with Gasteiger partial charge in [0.25, 0.3) is 5.56 Å². The minimum Gasteiger partial charge on any atom is -0.369 e. The van der Waals surface area contributed by atoms with Crippen LogP contribution >= 0.6 is 12.6 Å². The molecule has 1 aliphatic heterocycles. The number of hydrogen-bond donors (Lipinski definition) is 1. The fourth-order valence-corrected chi connectivity index (χ4v) is 2.97. The van der Waals surface area contributed by atoms with Crippen LogP contribution < -0.4 is 5.56 Å². The molecule has 20 heavy (non-hydrogen) atoms. The Hall–Kier alpha value is -1.30. The maximum Gasteiger partial charge on any atom is 0.253 e. The smallest absolute Gasteiger partial charge is 0.253 e. The second-order valence-electron chi connectivity index (χ2n) is 5.15. The van der Waals surface area contributed by atoms with Crippen LogP contribution in [0.2, 0.25) is 0 Å². The zero-order valence-corrected chi connectivity index (χ0v) is 12.4. The van der Waals surface area contributed by atoms with Crippen molar-refractivity contribution in [3.8, 4) is 0 Å². The molecule has 1 aromatic heterocycles. The summed E-state index contributed by atoms with van der Waals surface area (Å²) < 4.78 is 13.2. The molecule has 2 unspecified atom stereocenters. The largest absolute Gasteiger partial charge is 0.369 e. The third-order valence-electron chi connectivity index (χ3n) is 3.63. The Balaban J connectivity index is 2.08. The number of nitrogens with zero attached hydrogens (tertiary/aromatic N) is 1. The van der Waals surface area contributed by atoms with Gasteiger partial charge in [-0.05, 0) is 36.3 Å². The van der Waals surface area contributed by atoms with Gasteiger partial charge in [-0.3, -0.25) is 4.79 Å². The topological polar surface area (TPSA) is 40.5 Å². The first-order chi connectivity index (χ1) is 9.56. The van der Waals surface area contributed by atoms with E-state index in [4.69, 9.17) is 9.47 Å². The predicted octanol–water partition coefficient (Wildman–Crippen LogP) is 1.69. The van der Waals surface area contributed by atoms with Gasteiger partial charge < -0.3 is 14.0 Å². The van der Waals surface area contributed by atoms with Crippen LogP contribution in [0.25, 0.3) is 5.57 Å². The third-order valence-corrected chi connectivity index (χ3v) is 3.91. The highest BCUT2D eigenvalue weighted by atomic mass is 32.1. The van der Waals surface area contributed by atoms with Gasteiger partial charge in [0, 0.05) is 23.7 Å². The van der Waals surface area contributed by atoms with Crippen LogP contribution in [0, 0.1) is 6.92 Å². The van der Waals surface area contributed by atoms with Crippen molar-refractivity contribution in [3.63, 3.8) is 0 Å². The zero-order chi connectivity index (χ0) is 14.3. The van der Waals surface area contributed by atoms with Crippen molar-refractivity contribution in [2.75, 3.05) is 13.2 Å². The molecule has 1 saturated heterocycles. The summed E-state index contributed by atoms with van der Waals surface area (Å²) in [6, 6.07) is 1.90. The van der Waals surface area contributed by atoms with Crippen molar-refractivity contribution < 1.29 is 9.47 Å². The number of thiol groups is 1. The second-order valence-corrected chi connectivity index (χ2v) is 5.66. The summed E-state index contributed by atoms with van der Waals surface area (Å²) in [5, 5.41) is 0. The van der Waals surface area contributed by atoms with E-state index in [1.807, 2.05) is 31.3 Å². The normalized spacial score (nSPS) is 25.8. The van der Waals surface area contributed by atoms with Gasteiger partial charge in [0.05, 0.1) is 13.2 Å². The monoisotopic (exact) mass is 291 g/mol. The van der Waals surface area contributed by atoms with Gasteiger partial charge in [0.1, 0.15) is 12.2 Å². The molecule has 1 fully saturated rings. The SMILES string of the molecule is Cc1cc(C2=CC(S)=CC3OCCOC23)cn(C)c1=O. The van der Waals surface area contributed by atoms with Gasteiger partial charge in [0.15, 0.2) is 0 Å². The summed E-state index contributed by atoms with van der Waals surface area (Å²) in [5.41, 5.74) is 2.73. The Morgan fingerprint density at radius 2 is 2.10 bits per heavy atom. The average Bonchev–Trinajstić information content (AvgIpc) is 2.43. The Kier molecular flexibility index (Phi) is 3.58.